The molecular weight excluding hydrogens is 404 g/mol. The molecule has 0 bridgehead atoms. The molecule has 158 valence electrons. The van der Waals surface area contributed by atoms with E-state index >= 15 is 0 Å². The minimum absolute atomic E-state index is 0.0988. The number of carbonyl (C=O) groups is 2. The summed E-state index contributed by atoms with van der Waals surface area (Å²) in [4.78, 5) is 26.8. The quantitative estimate of drug-likeness (QED) is 0.654. The van der Waals surface area contributed by atoms with Gasteiger partial charge in [-0.3, -0.25) is 14.5 Å². The van der Waals surface area contributed by atoms with Crippen LogP contribution in [0.2, 0.25) is 0 Å². The van der Waals surface area contributed by atoms with Gasteiger partial charge >= 0.3 is 0 Å². The molecule has 1 saturated heterocycles. The van der Waals surface area contributed by atoms with Crippen LogP contribution in [-0.4, -0.2) is 44.0 Å². The molecular formula is C22H24N2O5S. The first-order valence-electron chi connectivity index (χ1n) is 9.24. The Morgan fingerprint density at radius 1 is 1.00 bits per heavy atom. The zero-order valence-corrected chi connectivity index (χ0v) is 18.4. The summed E-state index contributed by atoms with van der Waals surface area (Å²) in [5, 5.41) is 2.86. The van der Waals surface area contributed by atoms with Gasteiger partial charge in [-0.15, -0.1) is 0 Å². The molecule has 0 unspecified atom stereocenters. The fraction of sp³-hybridized carbons (Fsp3) is 0.273. The van der Waals surface area contributed by atoms with E-state index in [0.717, 1.165) is 28.6 Å². The highest BCUT2D eigenvalue weighted by Crippen LogP contribution is 2.40. The SMILES string of the molecule is COc1cc(/C=C2\SC(=O)N(CNc3cc(C)ccc3C)C2=O)cc(OC)c1OC. The Kier molecular flexibility index (Phi) is 6.56. The predicted octanol–water partition coefficient (Wildman–Crippen LogP) is 4.44. The van der Waals surface area contributed by atoms with Gasteiger partial charge in [0.1, 0.15) is 0 Å². The molecule has 0 atom stereocenters. The fourth-order valence-corrected chi connectivity index (χ4v) is 3.90. The van der Waals surface area contributed by atoms with Crippen molar-refractivity contribution >= 4 is 34.7 Å². The minimum Gasteiger partial charge on any atom is -0.493 e. The van der Waals surface area contributed by atoms with Crippen LogP contribution < -0.4 is 19.5 Å². The summed E-state index contributed by atoms with van der Waals surface area (Å²) in [6, 6.07) is 9.45. The lowest BCUT2D eigenvalue weighted by Crippen LogP contribution is -2.33. The van der Waals surface area contributed by atoms with E-state index in [-0.39, 0.29) is 17.8 Å². The Balaban J connectivity index is 1.82. The number of benzene rings is 2. The Morgan fingerprint density at radius 2 is 1.67 bits per heavy atom. The Labute approximate surface area is 180 Å². The van der Waals surface area contributed by atoms with E-state index in [2.05, 4.69) is 5.32 Å². The number of imide groups is 1. The molecule has 2 aromatic carbocycles. The molecule has 1 aliphatic heterocycles. The monoisotopic (exact) mass is 428 g/mol. The first kappa shape index (κ1) is 21.6. The number of hydrogen-bond acceptors (Lipinski definition) is 7. The van der Waals surface area contributed by atoms with Gasteiger partial charge in [-0.05, 0) is 66.6 Å². The second-order valence-corrected chi connectivity index (χ2v) is 7.71. The molecule has 3 rings (SSSR count). The average molecular weight is 429 g/mol. The summed E-state index contributed by atoms with van der Waals surface area (Å²) in [6.45, 7) is 4.06. The molecule has 1 heterocycles. The molecule has 2 amide bonds. The molecule has 7 nitrogen and oxygen atoms in total. The van der Waals surface area contributed by atoms with E-state index in [1.807, 2.05) is 32.0 Å². The second-order valence-electron chi connectivity index (χ2n) is 6.72. The predicted molar refractivity (Wildman–Crippen MR) is 118 cm³/mol. The van der Waals surface area contributed by atoms with Crippen molar-refractivity contribution in [2.24, 2.45) is 0 Å². The topological polar surface area (TPSA) is 77.1 Å². The largest absolute Gasteiger partial charge is 0.493 e. The highest BCUT2D eigenvalue weighted by molar-refractivity contribution is 8.18. The van der Waals surface area contributed by atoms with Crippen molar-refractivity contribution in [1.29, 1.82) is 0 Å². The lowest BCUT2D eigenvalue weighted by Gasteiger charge is -2.16. The minimum atomic E-state index is -0.350. The normalized spacial score (nSPS) is 15.0. The molecule has 0 saturated carbocycles. The standard InChI is InChI=1S/C22H24N2O5S/c1-13-6-7-14(2)16(8-13)23-12-24-21(25)19(30-22(24)26)11-15-9-17(27-3)20(29-5)18(10-15)28-4/h6-11,23H,12H2,1-5H3/b19-11-. The molecule has 30 heavy (non-hydrogen) atoms. The van der Waals surface area contributed by atoms with Gasteiger partial charge in [0.05, 0.1) is 32.9 Å². The van der Waals surface area contributed by atoms with Crippen LogP contribution in [0.5, 0.6) is 17.2 Å². The molecule has 8 heteroatoms. The third-order valence-corrected chi connectivity index (χ3v) is 5.59. The van der Waals surface area contributed by atoms with Crippen LogP contribution in [0.15, 0.2) is 35.2 Å². The molecule has 2 aromatic rings. The Morgan fingerprint density at radius 3 is 2.27 bits per heavy atom. The highest BCUT2D eigenvalue weighted by atomic mass is 32.2. The van der Waals surface area contributed by atoms with Crippen molar-refractivity contribution in [1.82, 2.24) is 4.90 Å². The van der Waals surface area contributed by atoms with Crippen LogP contribution >= 0.6 is 11.8 Å². The average Bonchev–Trinajstić information content (AvgIpc) is 3.00. The van der Waals surface area contributed by atoms with Crippen LogP contribution in [0.25, 0.3) is 6.08 Å². The van der Waals surface area contributed by atoms with Gasteiger partial charge in [-0.2, -0.15) is 0 Å². The maximum Gasteiger partial charge on any atom is 0.295 e. The number of ether oxygens (including phenoxy) is 3. The smallest absolute Gasteiger partial charge is 0.295 e. The van der Waals surface area contributed by atoms with E-state index in [4.69, 9.17) is 14.2 Å². The van der Waals surface area contributed by atoms with Crippen LogP contribution in [0.3, 0.4) is 0 Å². The molecule has 0 aliphatic carbocycles. The summed E-state index contributed by atoms with van der Waals surface area (Å²) < 4.78 is 16.0. The van der Waals surface area contributed by atoms with E-state index in [1.54, 1.807) is 18.2 Å². The van der Waals surface area contributed by atoms with Crippen molar-refractivity contribution in [3.8, 4) is 17.2 Å². The van der Waals surface area contributed by atoms with Crippen molar-refractivity contribution in [2.45, 2.75) is 13.8 Å². The zero-order valence-electron chi connectivity index (χ0n) is 17.6. The number of anilines is 1. The molecule has 0 aromatic heterocycles. The number of nitrogens with zero attached hydrogens (tertiary/aromatic N) is 1. The lowest BCUT2D eigenvalue weighted by atomic mass is 10.1. The third kappa shape index (κ3) is 4.38. The Hall–Kier alpha value is -3.13. The molecule has 1 aliphatic rings. The maximum absolute atomic E-state index is 12.8. The first-order chi connectivity index (χ1) is 14.4. The van der Waals surface area contributed by atoms with E-state index < -0.39 is 0 Å². The van der Waals surface area contributed by atoms with Crippen molar-refractivity contribution in [2.75, 3.05) is 33.3 Å². The van der Waals surface area contributed by atoms with Crippen LogP contribution in [0, 0.1) is 13.8 Å². The summed E-state index contributed by atoms with van der Waals surface area (Å²) in [6.07, 6.45) is 1.65. The fourth-order valence-electron chi connectivity index (χ4n) is 3.06. The maximum atomic E-state index is 12.8. The van der Waals surface area contributed by atoms with Gasteiger partial charge in [0.15, 0.2) is 11.5 Å². The number of nitrogens with one attached hydrogen (secondary N) is 1. The van der Waals surface area contributed by atoms with E-state index in [0.29, 0.717) is 27.7 Å². The molecule has 1 fully saturated rings. The zero-order chi connectivity index (χ0) is 21.8. The van der Waals surface area contributed by atoms with Crippen LogP contribution in [0.1, 0.15) is 16.7 Å². The second kappa shape index (κ2) is 9.13. The van der Waals surface area contributed by atoms with Crippen molar-refractivity contribution < 1.29 is 23.8 Å². The van der Waals surface area contributed by atoms with Gasteiger partial charge in [0.2, 0.25) is 5.75 Å². The number of methoxy groups -OCH3 is 3. The van der Waals surface area contributed by atoms with Crippen molar-refractivity contribution in [3.05, 3.63) is 51.9 Å². The summed E-state index contributed by atoms with van der Waals surface area (Å²) in [7, 11) is 4.57. The number of thioether (sulfide) groups is 1. The third-order valence-electron chi connectivity index (χ3n) is 4.68. The van der Waals surface area contributed by atoms with E-state index in [1.165, 1.54) is 26.2 Å². The summed E-state index contributed by atoms with van der Waals surface area (Å²) in [5.74, 6) is 1.05. The molecule has 0 radical (unpaired) electrons. The molecule has 1 N–H and O–H groups in total. The molecule has 0 spiro atoms. The number of rotatable bonds is 7. The van der Waals surface area contributed by atoms with Gasteiger partial charge in [0, 0.05) is 5.69 Å². The van der Waals surface area contributed by atoms with Crippen LogP contribution in [0.4, 0.5) is 10.5 Å². The van der Waals surface area contributed by atoms with E-state index in [9.17, 15) is 9.59 Å². The van der Waals surface area contributed by atoms with Crippen LogP contribution in [-0.2, 0) is 4.79 Å². The number of hydrogen-bond donors (Lipinski definition) is 1. The van der Waals surface area contributed by atoms with Crippen molar-refractivity contribution in [3.63, 3.8) is 0 Å². The lowest BCUT2D eigenvalue weighted by molar-refractivity contribution is -0.122. The van der Waals surface area contributed by atoms with Gasteiger partial charge in [-0.1, -0.05) is 12.1 Å². The van der Waals surface area contributed by atoms with Gasteiger partial charge < -0.3 is 19.5 Å². The first-order valence-corrected chi connectivity index (χ1v) is 10.1. The van der Waals surface area contributed by atoms with Gasteiger partial charge in [-0.25, -0.2) is 0 Å². The number of carbonyl (C=O) groups excluding carboxylic acids is 2. The summed E-state index contributed by atoms with van der Waals surface area (Å²) >= 11 is 0.902. The van der Waals surface area contributed by atoms with Gasteiger partial charge in [0.25, 0.3) is 11.1 Å². The summed E-state index contributed by atoms with van der Waals surface area (Å²) in [5.41, 5.74) is 3.69. The number of amides is 2. The Bertz CT molecular complexity index is 994. The highest BCUT2D eigenvalue weighted by Gasteiger charge is 2.35. The number of aryl methyl sites for hydroxylation is 2.